The van der Waals surface area contributed by atoms with Crippen molar-refractivity contribution in [3.05, 3.63) is 24.3 Å². The van der Waals surface area contributed by atoms with E-state index in [1.807, 2.05) is 0 Å². The molecule has 1 aromatic carbocycles. The lowest BCUT2D eigenvalue weighted by atomic mass is 10.3. The molecule has 0 amide bonds. The zero-order valence-corrected chi connectivity index (χ0v) is 17.7. The molecule has 0 aliphatic heterocycles. The van der Waals surface area contributed by atoms with E-state index in [4.69, 9.17) is 24.4 Å². The second kappa shape index (κ2) is 18.1. The number of benzene rings is 1. The minimum Gasteiger partial charge on any atom is -0.508 e. The van der Waals surface area contributed by atoms with Gasteiger partial charge in [-0.15, -0.1) is 0 Å². The van der Waals surface area contributed by atoms with Crippen LogP contribution in [-0.2, 0) is 14.2 Å². The van der Waals surface area contributed by atoms with Crippen LogP contribution in [0.5, 0.6) is 11.5 Å². The quantitative estimate of drug-likeness (QED) is 0.337. The number of ether oxygens (including phenoxy) is 3. The first-order chi connectivity index (χ1) is 13.0. The Morgan fingerprint density at radius 1 is 0.704 bits per heavy atom. The summed E-state index contributed by atoms with van der Waals surface area (Å²) < 4.78 is 17.0. The van der Waals surface area contributed by atoms with E-state index in [1.54, 1.807) is 0 Å². The van der Waals surface area contributed by atoms with Crippen molar-refractivity contribution in [1.82, 2.24) is 0 Å². The molecule has 0 spiro atoms. The molecule has 0 bridgehead atoms. The topological polar surface area (TPSA) is 68.2 Å². The fourth-order valence-electron chi connectivity index (χ4n) is 2.22. The number of unbranched alkanes of at least 4 members (excludes halogenated alkanes) is 4. The van der Waals surface area contributed by atoms with Gasteiger partial charge in [-0.2, -0.15) is 0 Å². The lowest BCUT2D eigenvalue weighted by molar-refractivity contribution is -0.0477. The van der Waals surface area contributed by atoms with Crippen LogP contribution in [0.2, 0.25) is 0 Å². The van der Waals surface area contributed by atoms with E-state index in [2.05, 4.69) is 27.7 Å². The van der Waals surface area contributed by atoms with Gasteiger partial charge in [-0.1, -0.05) is 39.5 Å². The summed E-state index contributed by atoms with van der Waals surface area (Å²) in [5, 5.41) is 17.3. The molecule has 1 aromatic rings. The van der Waals surface area contributed by atoms with Crippen LogP contribution >= 0.6 is 0 Å². The van der Waals surface area contributed by atoms with Crippen LogP contribution in [0.4, 0.5) is 0 Å². The molecule has 2 N–H and O–H groups in total. The highest BCUT2D eigenvalue weighted by Gasteiger charge is 2.05. The van der Waals surface area contributed by atoms with Crippen LogP contribution in [0.3, 0.4) is 0 Å². The molecule has 0 radical (unpaired) electrons. The van der Waals surface area contributed by atoms with Crippen molar-refractivity contribution in [3.63, 3.8) is 0 Å². The summed E-state index contributed by atoms with van der Waals surface area (Å²) in [6.07, 6.45) is 7.64. The van der Waals surface area contributed by atoms with Crippen molar-refractivity contribution in [3.8, 4) is 11.5 Å². The fourth-order valence-corrected chi connectivity index (χ4v) is 2.22. The third kappa shape index (κ3) is 17.9. The van der Waals surface area contributed by atoms with E-state index in [0.29, 0.717) is 13.2 Å². The van der Waals surface area contributed by atoms with E-state index in [1.165, 1.54) is 49.9 Å². The summed E-state index contributed by atoms with van der Waals surface area (Å²) in [5.41, 5.74) is 0. The Morgan fingerprint density at radius 3 is 1.41 bits per heavy atom. The van der Waals surface area contributed by atoms with Gasteiger partial charge in [0.2, 0.25) is 0 Å². The Morgan fingerprint density at radius 2 is 1.07 bits per heavy atom. The second-order valence-electron chi connectivity index (χ2n) is 6.83. The maximum atomic E-state index is 8.65. The highest BCUT2D eigenvalue weighted by Crippen LogP contribution is 2.13. The van der Waals surface area contributed by atoms with Crippen LogP contribution in [-0.4, -0.2) is 48.8 Å². The lowest BCUT2D eigenvalue weighted by Crippen LogP contribution is -2.22. The average molecular weight is 385 g/mol. The molecule has 2 unspecified atom stereocenters. The van der Waals surface area contributed by atoms with Gasteiger partial charge in [0.1, 0.15) is 11.5 Å². The van der Waals surface area contributed by atoms with Crippen LogP contribution in [0, 0.1) is 0 Å². The van der Waals surface area contributed by atoms with Crippen molar-refractivity contribution in [2.45, 2.75) is 78.4 Å². The zero-order chi connectivity index (χ0) is 20.3. The van der Waals surface area contributed by atoms with E-state index < -0.39 is 0 Å². The molecule has 0 saturated carbocycles. The summed E-state index contributed by atoms with van der Waals surface area (Å²) in [6, 6.07) is 5.70. The van der Waals surface area contributed by atoms with Gasteiger partial charge in [-0.3, -0.25) is 0 Å². The lowest BCUT2D eigenvalue weighted by Gasteiger charge is -2.16. The Balaban J connectivity index is 0.000000694. The van der Waals surface area contributed by atoms with Gasteiger partial charge in [0.25, 0.3) is 0 Å². The molecule has 0 aliphatic carbocycles. The predicted molar refractivity (Wildman–Crippen MR) is 110 cm³/mol. The minimum atomic E-state index is 0.169. The SMILES string of the molecule is CCCCCOC(C)COCC(C)OCCCCC.Oc1ccc(O)cc1. The van der Waals surface area contributed by atoms with Gasteiger partial charge in [0, 0.05) is 13.2 Å². The molecule has 0 aliphatic rings. The van der Waals surface area contributed by atoms with E-state index in [-0.39, 0.29) is 23.7 Å². The Kier molecular flexibility index (Phi) is 17.2. The Labute approximate surface area is 165 Å². The third-order valence-electron chi connectivity index (χ3n) is 3.86. The van der Waals surface area contributed by atoms with Crippen molar-refractivity contribution in [1.29, 1.82) is 0 Å². The predicted octanol–water partition coefficient (Wildman–Crippen LogP) is 5.29. The average Bonchev–Trinajstić information content (AvgIpc) is 2.65. The number of phenols is 2. The molecule has 5 nitrogen and oxygen atoms in total. The summed E-state index contributed by atoms with van der Waals surface area (Å²) in [6.45, 7) is 11.6. The van der Waals surface area contributed by atoms with Crippen molar-refractivity contribution in [2.24, 2.45) is 0 Å². The molecule has 27 heavy (non-hydrogen) atoms. The number of phenolic OH excluding ortho intramolecular Hbond substituents is 2. The van der Waals surface area contributed by atoms with E-state index in [0.717, 1.165) is 26.1 Å². The first kappa shape index (κ1) is 25.7. The molecule has 0 fully saturated rings. The molecular formula is C22H40O5. The normalized spacial score (nSPS) is 12.9. The Bertz CT molecular complexity index is 382. The molecule has 0 aromatic heterocycles. The third-order valence-corrected chi connectivity index (χ3v) is 3.86. The van der Waals surface area contributed by atoms with Crippen LogP contribution in [0.25, 0.3) is 0 Å². The van der Waals surface area contributed by atoms with Crippen molar-refractivity contribution in [2.75, 3.05) is 26.4 Å². The largest absolute Gasteiger partial charge is 0.508 e. The van der Waals surface area contributed by atoms with Crippen molar-refractivity contribution >= 4 is 0 Å². The number of hydrogen-bond donors (Lipinski definition) is 2. The fraction of sp³-hybridized carbons (Fsp3) is 0.727. The molecular weight excluding hydrogens is 344 g/mol. The number of aromatic hydroxyl groups is 2. The van der Waals surface area contributed by atoms with Gasteiger partial charge in [0.15, 0.2) is 0 Å². The maximum absolute atomic E-state index is 8.65. The standard InChI is InChI=1S/C16H34O3.C6H6O2/c1-5-7-9-11-18-15(3)13-17-14-16(4)19-12-10-8-6-2;7-5-1-2-6(8)4-3-5/h15-16H,5-14H2,1-4H3;1-4,7-8H. The maximum Gasteiger partial charge on any atom is 0.115 e. The molecule has 0 heterocycles. The summed E-state index contributed by atoms with van der Waals surface area (Å²) >= 11 is 0. The van der Waals surface area contributed by atoms with E-state index >= 15 is 0 Å². The summed E-state index contributed by atoms with van der Waals surface area (Å²) in [7, 11) is 0. The van der Waals surface area contributed by atoms with Gasteiger partial charge in [0.05, 0.1) is 25.4 Å². The number of rotatable bonds is 14. The highest BCUT2D eigenvalue weighted by atomic mass is 16.6. The minimum absolute atomic E-state index is 0.169. The summed E-state index contributed by atoms with van der Waals surface area (Å²) in [4.78, 5) is 0. The molecule has 1 rings (SSSR count). The smallest absolute Gasteiger partial charge is 0.115 e. The van der Waals surface area contributed by atoms with Gasteiger partial charge in [-0.05, 0) is 51.0 Å². The van der Waals surface area contributed by atoms with Gasteiger partial charge < -0.3 is 24.4 Å². The molecule has 0 saturated heterocycles. The molecule has 5 heteroatoms. The second-order valence-corrected chi connectivity index (χ2v) is 6.83. The first-order valence-electron chi connectivity index (χ1n) is 10.3. The molecule has 158 valence electrons. The van der Waals surface area contributed by atoms with Crippen LogP contribution in [0.15, 0.2) is 24.3 Å². The Hall–Kier alpha value is -1.30. The van der Waals surface area contributed by atoms with Crippen LogP contribution < -0.4 is 0 Å². The molecule has 2 atom stereocenters. The highest BCUT2D eigenvalue weighted by molar-refractivity contribution is 5.28. The van der Waals surface area contributed by atoms with Gasteiger partial charge >= 0.3 is 0 Å². The monoisotopic (exact) mass is 384 g/mol. The van der Waals surface area contributed by atoms with E-state index in [9.17, 15) is 0 Å². The van der Waals surface area contributed by atoms with Crippen molar-refractivity contribution < 1.29 is 24.4 Å². The van der Waals surface area contributed by atoms with Gasteiger partial charge in [-0.25, -0.2) is 0 Å². The van der Waals surface area contributed by atoms with Crippen LogP contribution in [0.1, 0.15) is 66.2 Å². The zero-order valence-electron chi connectivity index (χ0n) is 17.7. The number of hydrogen-bond acceptors (Lipinski definition) is 5. The first-order valence-corrected chi connectivity index (χ1v) is 10.3. The summed E-state index contributed by atoms with van der Waals surface area (Å²) in [5.74, 6) is 0.339.